The van der Waals surface area contributed by atoms with Crippen LogP contribution in [0.4, 0.5) is 0 Å². The van der Waals surface area contributed by atoms with Crippen LogP contribution in [0.5, 0.6) is 11.5 Å². The zero-order chi connectivity index (χ0) is 16.8. The highest BCUT2D eigenvalue weighted by molar-refractivity contribution is 5.36. The molecule has 2 N–H and O–H groups in total. The first-order valence-corrected chi connectivity index (χ1v) is 8.33. The lowest BCUT2D eigenvalue weighted by molar-refractivity contribution is 0.481. The van der Waals surface area contributed by atoms with Gasteiger partial charge in [0.05, 0.1) is 0 Å². The molecule has 3 aromatic carbocycles. The molecule has 122 valence electrons. The summed E-state index contributed by atoms with van der Waals surface area (Å²) >= 11 is 0. The Balaban J connectivity index is 1.76. The Kier molecular flexibility index (Phi) is 5.29. The van der Waals surface area contributed by atoms with E-state index in [-0.39, 0.29) is 5.92 Å². The summed E-state index contributed by atoms with van der Waals surface area (Å²) in [6.45, 7) is 2.72. The number of hydrogen-bond donors (Lipinski definition) is 1. The van der Waals surface area contributed by atoms with Crippen molar-refractivity contribution in [2.45, 2.75) is 19.3 Å². The summed E-state index contributed by atoms with van der Waals surface area (Å²) in [5.74, 6) is 1.98. The van der Waals surface area contributed by atoms with Crippen molar-refractivity contribution in [3.8, 4) is 11.5 Å². The van der Waals surface area contributed by atoms with Crippen LogP contribution in [0.25, 0.3) is 0 Å². The molecule has 2 heteroatoms. The van der Waals surface area contributed by atoms with Gasteiger partial charge < -0.3 is 10.5 Å². The summed E-state index contributed by atoms with van der Waals surface area (Å²) in [6, 6.07) is 26.7. The van der Waals surface area contributed by atoms with Gasteiger partial charge in [0.2, 0.25) is 0 Å². The molecule has 0 aliphatic rings. The fourth-order valence-corrected chi connectivity index (χ4v) is 2.80. The zero-order valence-corrected chi connectivity index (χ0v) is 14.0. The molecular formula is C22H23NO. The largest absolute Gasteiger partial charge is 0.457 e. The van der Waals surface area contributed by atoms with Gasteiger partial charge in [0.15, 0.2) is 0 Å². The average molecular weight is 317 g/mol. The van der Waals surface area contributed by atoms with Gasteiger partial charge in [0.25, 0.3) is 0 Å². The molecule has 3 aromatic rings. The van der Waals surface area contributed by atoms with Gasteiger partial charge in [-0.2, -0.15) is 0 Å². The van der Waals surface area contributed by atoms with Gasteiger partial charge in [-0.1, -0.05) is 60.2 Å². The maximum Gasteiger partial charge on any atom is 0.127 e. The van der Waals surface area contributed by atoms with E-state index < -0.39 is 0 Å². The number of aryl methyl sites for hydroxylation is 1. The van der Waals surface area contributed by atoms with Crippen LogP contribution < -0.4 is 10.5 Å². The van der Waals surface area contributed by atoms with Crippen molar-refractivity contribution < 1.29 is 4.74 Å². The summed E-state index contributed by atoms with van der Waals surface area (Å²) in [7, 11) is 0. The summed E-state index contributed by atoms with van der Waals surface area (Å²) in [6.07, 6.45) is 0.936. The van der Waals surface area contributed by atoms with Gasteiger partial charge in [-0.3, -0.25) is 0 Å². The molecule has 24 heavy (non-hydrogen) atoms. The van der Waals surface area contributed by atoms with E-state index in [0.717, 1.165) is 17.9 Å². The van der Waals surface area contributed by atoms with Gasteiger partial charge in [-0.05, 0) is 55.3 Å². The molecule has 0 heterocycles. The lowest BCUT2D eigenvalue weighted by Gasteiger charge is -2.17. The van der Waals surface area contributed by atoms with Crippen LogP contribution >= 0.6 is 0 Å². The molecule has 0 saturated carbocycles. The highest BCUT2D eigenvalue weighted by Crippen LogP contribution is 2.27. The van der Waals surface area contributed by atoms with E-state index in [2.05, 4.69) is 43.3 Å². The molecule has 0 aliphatic heterocycles. The molecule has 3 rings (SSSR count). The molecule has 0 bridgehead atoms. The summed E-state index contributed by atoms with van der Waals surface area (Å²) < 4.78 is 5.94. The van der Waals surface area contributed by atoms with Crippen molar-refractivity contribution in [2.24, 2.45) is 5.73 Å². The quantitative estimate of drug-likeness (QED) is 0.688. The first kappa shape index (κ1) is 16.3. The topological polar surface area (TPSA) is 35.2 Å². The normalized spacial score (nSPS) is 11.9. The number of hydrogen-bond acceptors (Lipinski definition) is 2. The maximum absolute atomic E-state index is 6.04. The first-order chi connectivity index (χ1) is 11.7. The minimum atomic E-state index is 0.284. The predicted molar refractivity (Wildman–Crippen MR) is 99.6 cm³/mol. The Bertz CT molecular complexity index is 765. The Morgan fingerprint density at radius 2 is 1.54 bits per heavy atom. The molecule has 0 fully saturated rings. The lowest BCUT2D eigenvalue weighted by Crippen LogP contribution is -2.15. The molecule has 0 radical (unpaired) electrons. The number of benzene rings is 3. The van der Waals surface area contributed by atoms with E-state index in [0.29, 0.717) is 6.54 Å². The third kappa shape index (κ3) is 4.24. The van der Waals surface area contributed by atoms with Gasteiger partial charge in [-0.15, -0.1) is 0 Å². The zero-order valence-electron chi connectivity index (χ0n) is 14.0. The maximum atomic E-state index is 6.04. The smallest absolute Gasteiger partial charge is 0.127 e. The molecule has 0 spiro atoms. The second kappa shape index (κ2) is 7.80. The Morgan fingerprint density at radius 3 is 2.25 bits per heavy atom. The van der Waals surface area contributed by atoms with E-state index in [1.165, 1.54) is 16.7 Å². The Hall–Kier alpha value is -2.58. The van der Waals surface area contributed by atoms with Crippen LogP contribution in [0.3, 0.4) is 0 Å². The van der Waals surface area contributed by atoms with E-state index >= 15 is 0 Å². The van der Waals surface area contributed by atoms with Crippen LogP contribution in [-0.2, 0) is 6.42 Å². The van der Waals surface area contributed by atoms with Crippen molar-refractivity contribution in [3.63, 3.8) is 0 Å². The molecule has 1 unspecified atom stereocenters. The fraction of sp³-hybridized carbons (Fsp3) is 0.182. The molecule has 1 atom stereocenters. The first-order valence-electron chi connectivity index (χ1n) is 8.33. The Morgan fingerprint density at radius 1 is 0.833 bits per heavy atom. The minimum absolute atomic E-state index is 0.284. The SMILES string of the molecule is Cc1ccc(CC(CN)c2cccc(Oc3ccccc3)c2)cc1. The van der Waals surface area contributed by atoms with Crippen LogP contribution in [0.15, 0.2) is 78.9 Å². The predicted octanol–water partition coefficient (Wildman–Crippen LogP) is 5.07. The van der Waals surface area contributed by atoms with Gasteiger partial charge in [0, 0.05) is 5.92 Å². The van der Waals surface area contributed by atoms with E-state index in [1.54, 1.807) is 0 Å². The highest BCUT2D eigenvalue weighted by atomic mass is 16.5. The van der Waals surface area contributed by atoms with Crippen molar-refractivity contribution in [3.05, 3.63) is 95.6 Å². The summed E-state index contributed by atoms with van der Waals surface area (Å²) in [5, 5.41) is 0. The Labute approximate surface area is 143 Å². The third-order valence-electron chi connectivity index (χ3n) is 4.20. The lowest BCUT2D eigenvalue weighted by atomic mass is 9.91. The molecule has 0 saturated heterocycles. The molecule has 2 nitrogen and oxygen atoms in total. The second-order valence-corrected chi connectivity index (χ2v) is 6.11. The number of rotatable bonds is 6. The van der Waals surface area contributed by atoms with Crippen LogP contribution in [0.2, 0.25) is 0 Å². The monoisotopic (exact) mass is 317 g/mol. The summed E-state index contributed by atoms with van der Waals surface area (Å²) in [4.78, 5) is 0. The van der Waals surface area contributed by atoms with Crippen molar-refractivity contribution in [1.82, 2.24) is 0 Å². The molecular weight excluding hydrogens is 294 g/mol. The average Bonchev–Trinajstić information content (AvgIpc) is 2.62. The number of ether oxygens (including phenoxy) is 1. The van der Waals surface area contributed by atoms with E-state index in [1.807, 2.05) is 42.5 Å². The standard InChI is InChI=1S/C22H23NO/c1-17-10-12-18(13-11-17)14-20(16-23)19-6-5-9-22(15-19)24-21-7-3-2-4-8-21/h2-13,15,20H,14,16,23H2,1H3. The molecule has 0 amide bonds. The van der Waals surface area contributed by atoms with Crippen LogP contribution in [0.1, 0.15) is 22.6 Å². The van der Waals surface area contributed by atoms with Crippen LogP contribution in [0, 0.1) is 6.92 Å². The van der Waals surface area contributed by atoms with Crippen molar-refractivity contribution in [1.29, 1.82) is 0 Å². The highest BCUT2D eigenvalue weighted by Gasteiger charge is 2.12. The van der Waals surface area contributed by atoms with E-state index in [9.17, 15) is 0 Å². The summed E-state index contributed by atoms with van der Waals surface area (Å²) in [5.41, 5.74) is 9.85. The van der Waals surface area contributed by atoms with Gasteiger partial charge in [-0.25, -0.2) is 0 Å². The van der Waals surface area contributed by atoms with E-state index in [4.69, 9.17) is 10.5 Å². The fourth-order valence-electron chi connectivity index (χ4n) is 2.80. The third-order valence-corrected chi connectivity index (χ3v) is 4.20. The van der Waals surface area contributed by atoms with Gasteiger partial charge in [0.1, 0.15) is 11.5 Å². The number of para-hydroxylation sites is 1. The number of nitrogens with two attached hydrogens (primary N) is 1. The van der Waals surface area contributed by atoms with Crippen LogP contribution in [-0.4, -0.2) is 6.54 Å². The van der Waals surface area contributed by atoms with Gasteiger partial charge >= 0.3 is 0 Å². The second-order valence-electron chi connectivity index (χ2n) is 6.11. The van der Waals surface area contributed by atoms with Crippen molar-refractivity contribution >= 4 is 0 Å². The van der Waals surface area contributed by atoms with Crippen molar-refractivity contribution in [2.75, 3.05) is 6.54 Å². The minimum Gasteiger partial charge on any atom is -0.457 e. The molecule has 0 aliphatic carbocycles. The molecule has 0 aromatic heterocycles.